The zero-order valence-electron chi connectivity index (χ0n) is 19.8. The van der Waals surface area contributed by atoms with Gasteiger partial charge in [0.25, 0.3) is 0 Å². The highest BCUT2D eigenvalue weighted by molar-refractivity contribution is 8.93. The lowest BCUT2D eigenvalue weighted by Gasteiger charge is -2.29. The molecule has 2 nitrogen and oxygen atoms in total. The highest BCUT2D eigenvalue weighted by Crippen LogP contribution is 2.58. The van der Waals surface area contributed by atoms with Gasteiger partial charge in [-0.3, -0.25) is 4.98 Å². The quantitative estimate of drug-likeness (QED) is 0.269. The van der Waals surface area contributed by atoms with Crippen LogP contribution in [0.3, 0.4) is 0 Å². The topological polar surface area (TPSA) is 22.1 Å². The number of hydrogen-bond donors (Lipinski definition) is 0. The van der Waals surface area contributed by atoms with Crippen LogP contribution in [-0.4, -0.2) is 12.1 Å². The van der Waals surface area contributed by atoms with Crippen molar-refractivity contribution in [2.75, 3.05) is 7.11 Å². The van der Waals surface area contributed by atoms with Gasteiger partial charge in [0.15, 0.2) is 0 Å². The third-order valence-electron chi connectivity index (χ3n) is 6.39. The van der Waals surface area contributed by atoms with Gasteiger partial charge in [-0.15, -0.1) is 17.0 Å². The number of methoxy groups -OCH3 is 1. The largest absolute Gasteiger partial charge is 0.380 e. The fourth-order valence-electron chi connectivity index (χ4n) is 4.71. The van der Waals surface area contributed by atoms with E-state index >= 15 is 0 Å². The Balaban J connectivity index is 0.00000306. The molecule has 0 aliphatic rings. The smallest absolute Gasteiger partial charge is 0.116 e. The lowest BCUT2D eigenvalue weighted by Crippen LogP contribution is -2.33. The SMILES string of the molecule is Br.COCc1c(C)nc(C)c(C[P+](c2ccccc2)(c2ccccc2)c2ccccc2)c1C. The summed E-state index contributed by atoms with van der Waals surface area (Å²) in [5.41, 5.74) is 6.04. The maximum atomic E-state index is 5.54. The van der Waals surface area contributed by atoms with Gasteiger partial charge in [-0.25, -0.2) is 0 Å². The molecule has 0 atom stereocenters. The Labute approximate surface area is 209 Å². The summed E-state index contributed by atoms with van der Waals surface area (Å²) in [6.45, 7) is 7.07. The molecule has 0 amide bonds. The van der Waals surface area contributed by atoms with Gasteiger partial charge in [-0.05, 0) is 62.7 Å². The number of hydrogen-bond acceptors (Lipinski definition) is 2. The van der Waals surface area contributed by atoms with Crippen molar-refractivity contribution in [3.05, 3.63) is 119 Å². The Morgan fingerprint density at radius 1 is 0.636 bits per heavy atom. The lowest BCUT2D eigenvalue weighted by molar-refractivity contribution is 0.183. The van der Waals surface area contributed by atoms with E-state index in [1.807, 2.05) is 0 Å². The molecule has 33 heavy (non-hydrogen) atoms. The Morgan fingerprint density at radius 3 is 1.42 bits per heavy atom. The Morgan fingerprint density at radius 2 is 1.03 bits per heavy atom. The first-order valence-electron chi connectivity index (χ1n) is 11.1. The zero-order chi connectivity index (χ0) is 22.6. The first kappa shape index (κ1) is 25.3. The van der Waals surface area contributed by atoms with Gasteiger partial charge in [-0.1, -0.05) is 54.6 Å². The molecule has 0 saturated carbocycles. The van der Waals surface area contributed by atoms with Crippen molar-refractivity contribution in [2.45, 2.75) is 33.5 Å². The molecular weight excluding hydrogens is 489 g/mol. The Hall–Kier alpha value is -2.32. The predicted octanol–water partition coefficient (Wildman–Crippen LogP) is 6.23. The van der Waals surface area contributed by atoms with Crippen LogP contribution in [0.1, 0.15) is 28.1 Å². The third-order valence-corrected chi connectivity index (χ3v) is 10.7. The number of aryl methyl sites for hydroxylation is 2. The molecule has 0 N–H and O–H groups in total. The molecule has 0 unspecified atom stereocenters. The van der Waals surface area contributed by atoms with Crippen molar-refractivity contribution < 1.29 is 4.74 Å². The summed E-state index contributed by atoms with van der Waals surface area (Å²) in [7, 11) is -0.206. The number of ether oxygens (including phenoxy) is 1. The second kappa shape index (κ2) is 11.2. The summed E-state index contributed by atoms with van der Waals surface area (Å²) in [5, 5.41) is 4.18. The first-order valence-corrected chi connectivity index (χ1v) is 13.0. The van der Waals surface area contributed by atoms with Crippen molar-refractivity contribution >= 4 is 40.2 Å². The molecule has 0 bridgehead atoms. The zero-order valence-corrected chi connectivity index (χ0v) is 22.4. The normalized spacial score (nSPS) is 11.2. The lowest BCUT2D eigenvalue weighted by atomic mass is 10.0. The standard InChI is InChI=1S/C29H31NOP.BrH/c1-22-28(20-31-4)23(2)30-24(3)29(22)21-32(25-14-8-5-9-15-25,26-16-10-6-11-17-26)27-18-12-7-13-19-27;/h5-19H,20-21H2,1-4H3;1H/q+1;. The van der Waals surface area contributed by atoms with Gasteiger partial charge in [0.1, 0.15) is 29.3 Å². The molecule has 1 aromatic heterocycles. The van der Waals surface area contributed by atoms with Crippen LogP contribution in [0.4, 0.5) is 0 Å². The molecule has 0 aliphatic carbocycles. The molecule has 0 aliphatic heterocycles. The van der Waals surface area contributed by atoms with Crippen molar-refractivity contribution in [1.29, 1.82) is 0 Å². The van der Waals surface area contributed by atoms with E-state index in [2.05, 4.69) is 112 Å². The molecular formula is C29H32BrNOP+. The number of nitrogens with zero attached hydrogens (tertiary/aromatic N) is 1. The predicted molar refractivity (Wildman–Crippen MR) is 148 cm³/mol. The molecule has 0 saturated heterocycles. The molecule has 3 aromatic carbocycles. The number of pyridine rings is 1. The van der Waals surface area contributed by atoms with E-state index in [0.29, 0.717) is 6.61 Å². The van der Waals surface area contributed by atoms with E-state index in [9.17, 15) is 0 Å². The molecule has 0 fully saturated rings. The van der Waals surface area contributed by atoms with E-state index in [-0.39, 0.29) is 17.0 Å². The van der Waals surface area contributed by atoms with Crippen molar-refractivity contribution in [1.82, 2.24) is 4.98 Å². The number of halogens is 1. The van der Waals surface area contributed by atoms with Crippen LogP contribution in [0.5, 0.6) is 0 Å². The second-order valence-corrected chi connectivity index (χ2v) is 11.8. The van der Waals surface area contributed by atoms with E-state index in [1.165, 1.54) is 32.6 Å². The summed E-state index contributed by atoms with van der Waals surface area (Å²) in [5.74, 6) is 0. The summed E-state index contributed by atoms with van der Waals surface area (Å²) >= 11 is 0. The molecule has 0 radical (unpaired) electrons. The molecule has 4 rings (SSSR count). The fraction of sp³-hybridized carbons (Fsp3) is 0.207. The van der Waals surface area contributed by atoms with Crippen LogP contribution >= 0.6 is 24.2 Å². The number of rotatable bonds is 7. The van der Waals surface area contributed by atoms with Crippen LogP contribution in [-0.2, 0) is 17.5 Å². The molecule has 4 aromatic rings. The number of benzene rings is 3. The molecule has 0 spiro atoms. The minimum Gasteiger partial charge on any atom is -0.380 e. The van der Waals surface area contributed by atoms with Crippen molar-refractivity contribution in [3.8, 4) is 0 Å². The minimum atomic E-state index is -1.96. The van der Waals surface area contributed by atoms with Crippen LogP contribution in [0, 0.1) is 20.8 Å². The highest BCUT2D eigenvalue weighted by Gasteiger charge is 2.46. The number of aromatic nitrogens is 1. The second-order valence-electron chi connectivity index (χ2n) is 8.27. The molecule has 1 heterocycles. The maximum Gasteiger partial charge on any atom is 0.116 e. The average molecular weight is 521 g/mol. The molecule has 4 heteroatoms. The van der Waals surface area contributed by atoms with E-state index < -0.39 is 7.26 Å². The van der Waals surface area contributed by atoms with E-state index in [4.69, 9.17) is 9.72 Å². The van der Waals surface area contributed by atoms with Crippen LogP contribution in [0.25, 0.3) is 0 Å². The summed E-state index contributed by atoms with van der Waals surface area (Å²) in [6, 6.07) is 33.1. The maximum absolute atomic E-state index is 5.54. The third kappa shape index (κ3) is 4.96. The van der Waals surface area contributed by atoms with Crippen LogP contribution in [0.15, 0.2) is 91.0 Å². The van der Waals surface area contributed by atoms with Gasteiger partial charge < -0.3 is 4.74 Å². The summed E-state index contributed by atoms with van der Waals surface area (Å²) < 4.78 is 5.54. The van der Waals surface area contributed by atoms with Crippen LogP contribution < -0.4 is 15.9 Å². The molecule has 170 valence electrons. The van der Waals surface area contributed by atoms with Gasteiger partial charge in [0.05, 0.1) is 6.61 Å². The van der Waals surface area contributed by atoms with Gasteiger partial charge in [-0.2, -0.15) is 0 Å². The monoisotopic (exact) mass is 520 g/mol. The fourth-order valence-corrected chi connectivity index (χ4v) is 9.13. The first-order chi connectivity index (χ1) is 15.6. The average Bonchev–Trinajstić information content (AvgIpc) is 2.84. The van der Waals surface area contributed by atoms with Crippen LogP contribution in [0.2, 0.25) is 0 Å². The minimum absolute atomic E-state index is 0. The Kier molecular flexibility index (Phi) is 8.59. The van der Waals surface area contributed by atoms with Gasteiger partial charge in [0.2, 0.25) is 0 Å². The summed E-state index contributed by atoms with van der Waals surface area (Å²) in [4.78, 5) is 4.96. The van der Waals surface area contributed by atoms with Crippen molar-refractivity contribution in [2.24, 2.45) is 0 Å². The van der Waals surface area contributed by atoms with Crippen molar-refractivity contribution in [3.63, 3.8) is 0 Å². The van der Waals surface area contributed by atoms with Gasteiger partial charge >= 0.3 is 0 Å². The highest BCUT2D eigenvalue weighted by atomic mass is 79.9. The summed E-state index contributed by atoms with van der Waals surface area (Å²) in [6.07, 6.45) is 0.937. The van der Waals surface area contributed by atoms with E-state index in [1.54, 1.807) is 7.11 Å². The van der Waals surface area contributed by atoms with Gasteiger partial charge in [0, 0.05) is 29.6 Å². The Bertz CT molecular complexity index is 1080. The van der Waals surface area contributed by atoms with E-state index in [0.717, 1.165) is 17.5 Å².